The second-order valence-electron chi connectivity index (χ2n) is 6.21. The van der Waals surface area contributed by atoms with Gasteiger partial charge in [-0.2, -0.15) is 0 Å². The van der Waals surface area contributed by atoms with Crippen molar-refractivity contribution in [1.29, 1.82) is 0 Å². The summed E-state index contributed by atoms with van der Waals surface area (Å²) in [5.41, 5.74) is 5.00. The van der Waals surface area contributed by atoms with Crippen LogP contribution in [-0.4, -0.2) is 11.5 Å². The molecule has 102 valence electrons. The van der Waals surface area contributed by atoms with Crippen LogP contribution < -0.4 is 5.32 Å². The molecule has 1 spiro atoms. The fourth-order valence-electron chi connectivity index (χ4n) is 3.89. The van der Waals surface area contributed by atoms with Gasteiger partial charge in [-0.25, -0.2) is 0 Å². The first-order valence-corrected chi connectivity index (χ1v) is 7.56. The van der Waals surface area contributed by atoms with Crippen molar-refractivity contribution in [3.63, 3.8) is 0 Å². The lowest BCUT2D eigenvalue weighted by molar-refractivity contribution is 0.547. The average molecular weight is 264 g/mol. The van der Waals surface area contributed by atoms with Crippen LogP contribution in [0.5, 0.6) is 0 Å². The maximum Gasteiger partial charge on any atom is 0.0312 e. The molecule has 1 fully saturated rings. The van der Waals surface area contributed by atoms with Gasteiger partial charge in [0.15, 0.2) is 0 Å². The lowest BCUT2D eigenvalue weighted by atomic mass is 9.95. The number of fused-ring (bicyclic) bond motifs is 2. The van der Waals surface area contributed by atoms with Crippen molar-refractivity contribution in [2.45, 2.75) is 31.2 Å². The Labute approximate surface area is 120 Å². The molecule has 1 heterocycles. The van der Waals surface area contributed by atoms with E-state index in [1.54, 1.807) is 11.1 Å². The molecule has 1 aromatic carbocycles. The summed E-state index contributed by atoms with van der Waals surface area (Å²) in [4.78, 5) is 4.16. The van der Waals surface area contributed by atoms with E-state index in [0.717, 1.165) is 19.0 Å². The first-order chi connectivity index (χ1) is 9.88. The molecule has 0 aliphatic heterocycles. The lowest BCUT2D eigenvalue weighted by Crippen LogP contribution is -2.20. The standard InChI is InChI=1S/C18H20N2/c1-2-6-17-15(5-1)7-8-18(17)10-16(18)13-20-12-14-4-3-9-19-11-14/h1-6,9,11,16,20H,7-8,10,12-13H2/t16-,18-/m0/s1. The SMILES string of the molecule is c1cncc(CNC[C@@H]2C[C@@]23CCc2ccccc23)c1. The lowest BCUT2D eigenvalue weighted by Gasteiger charge is -2.12. The molecule has 2 nitrogen and oxygen atoms in total. The van der Waals surface area contributed by atoms with E-state index in [1.807, 2.05) is 18.5 Å². The molecular formula is C18H20N2. The molecule has 2 aliphatic carbocycles. The number of hydrogen-bond acceptors (Lipinski definition) is 2. The molecule has 2 atom stereocenters. The third-order valence-corrected chi connectivity index (χ3v) is 5.07. The molecule has 1 saturated carbocycles. The topological polar surface area (TPSA) is 24.9 Å². The summed E-state index contributed by atoms with van der Waals surface area (Å²) in [6, 6.07) is 13.2. The predicted octanol–water partition coefficient (Wildman–Crippen LogP) is 3.08. The monoisotopic (exact) mass is 264 g/mol. The minimum absolute atomic E-state index is 0.512. The van der Waals surface area contributed by atoms with E-state index in [1.165, 1.54) is 24.8 Å². The smallest absolute Gasteiger partial charge is 0.0312 e. The quantitative estimate of drug-likeness (QED) is 0.918. The van der Waals surface area contributed by atoms with E-state index < -0.39 is 0 Å². The van der Waals surface area contributed by atoms with Crippen molar-refractivity contribution in [2.24, 2.45) is 5.92 Å². The van der Waals surface area contributed by atoms with Gasteiger partial charge >= 0.3 is 0 Å². The number of nitrogens with one attached hydrogen (secondary N) is 1. The highest BCUT2D eigenvalue weighted by Crippen LogP contribution is 2.61. The highest BCUT2D eigenvalue weighted by atomic mass is 14.9. The van der Waals surface area contributed by atoms with Crippen molar-refractivity contribution >= 4 is 0 Å². The Kier molecular flexibility index (Phi) is 2.85. The molecule has 0 unspecified atom stereocenters. The molecular weight excluding hydrogens is 244 g/mol. The second-order valence-corrected chi connectivity index (χ2v) is 6.21. The van der Waals surface area contributed by atoms with Crippen LogP contribution in [0.3, 0.4) is 0 Å². The minimum atomic E-state index is 0.512. The molecule has 0 amide bonds. The van der Waals surface area contributed by atoms with Crippen molar-refractivity contribution in [3.8, 4) is 0 Å². The number of benzene rings is 1. The van der Waals surface area contributed by atoms with Gasteiger partial charge in [-0.15, -0.1) is 0 Å². The van der Waals surface area contributed by atoms with Crippen LogP contribution in [0.15, 0.2) is 48.8 Å². The Hall–Kier alpha value is -1.67. The molecule has 0 radical (unpaired) electrons. The van der Waals surface area contributed by atoms with Crippen LogP contribution in [0, 0.1) is 5.92 Å². The molecule has 1 N–H and O–H groups in total. The van der Waals surface area contributed by atoms with E-state index in [2.05, 4.69) is 40.6 Å². The fraction of sp³-hybridized carbons (Fsp3) is 0.389. The van der Waals surface area contributed by atoms with Crippen LogP contribution in [-0.2, 0) is 18.4 Å². The van der Waals surface area contributed by atoms with E-state index in [9.17, 15) is 0 Å². The first kappa shape index (κ1) is 12.1. The van der Waals surface area contributed by atoms with Gasteiger partial charge < -0.3 is 5.32 Å². The summed E-state index contributed by atoms with van der Waals surface area (Å²) in [5, 5.41) is 3.61. The van der Waals surface area contributed by atoms with Crippen molar-refractivity contribution in [2.75, 3.05) is 6.54 Å². The number of nitrogens with zero attached hydrogens (tertiary/aromatic N) is 1. The van der Waals surface area contributed by atoms with Gasteiger partial charge in [0.25, 0.3) is 0 Å². The van der Waals surface area contributed by atoms with Crippen LogP contribution in [0.2, 0.25) is 0 Å². The minimum Gasteiger partial charge on any atom is -0.312 e. The van der Waals surface area contributed by atoms with Gasteiger partial charge in [0, 0.05) is 24.4 Å². The Morgan fingerprint density at radius 2 is 2.15 bits per heavy atom. The van der Waals surface area contributed by atoms with Crippen LogP contribution in [0.25, 0.3) is 0 Å². The number of pyridine rings is 1. The number of hydrogen-bond donors (Lipinski definition) is 1. The van der Waals surface area contributed by atoms with Gasteiger partial charge in [0.05, 0.1) is 0 Å². The summed E-state index contributed by atoms with van der Waals surface area (Å²) in [6.07, 6.45) is 7.76. The highest BCUT2D eigenvalue weighted by molar-refractivity contribution is 5.45. The second kappa shape index (κ2) is 4.71. The Bertz CT molecular complexity index is 608. The third kappa shape index (κ3) is 1.95. The number of aromatic nitrogens is 1. The third-order valence-electron chi connectivity index (χ3n) is 5.07. The summed E-state index contributed by atoms with van der Waals surface area (Å²) < 4.78 is 0. The number of rotatable bonds is 4. The van der Waals surface area contributed by atoms with Crippen LogP contribution >= 0.6 is 0 Å². The normalized spacial score (nSPS) is 26.7. The van der Waals surface area contributed by atoms with Gasteiger partial charge in [-0.3, -0.25) is 4.98 Å². The zero-order valence-electron chi connectivity index (χ0n) is 11.7. The zero-order valence-corrected chi connectivity index (χ0v) is 11.7. The molecule has 0 bridgehead atoms. The first-order valence-electron chi connectivity index (χ1n) is 7.56. The highest BCUT2D eigenvalue weighted by Gasteiger charge is 2.57. The molecule has 1 aromatic heterocycles. The summed E-state index contributed by atoms with van der Waals surface area (Å²) >= 11 is 0. The van der Waals surface area contributed by atoms with Gasteiger partial charge in [-0.05, 0) is 54.5 Å². The predicted molar refractivity (Wildman–Crippen MR) is 80.5 cm³/mol. The molecule has 2 aromatic rings. The zero-order chi connectivity index (χ0) is 13.4. The van der Waals surface area contributed by atoms with E-state index >= 15 is 0 Å². The Balaban J connectivity index is 1.37. The summed E-state index contributed by atoms with van der Waals surface area (Å²) in [5.74, 6) is 0.822. The largest absolute Gasteiger partial charge is 0.312 e. The fourth-order valence-corrected chi connectivity index (χ4v) is 3.89. The maximum atomic E-state index is 4.16. The van der Waals surface area contributed by atoms with Gasteiger partial charge in [-0.1, -0.05) is 30.3 Å². The Morgan fingerprint density at radius 1 is 1.20 bits per heavy atom. The van der Waals surface area contributed by atoms with E-state index in [0.29, 0.717) is 5.41 Å². The van der Waals surface area contributed by atoms with Crippen LogP contribution in [0.1, 0.15) is 29.5 Å². The van der Waals surface area contributed by atoms with E-state index in [-0.39, 0.29) is 0 Å². The molecule has 20 heavy (non-hydrogen) atoms. The van der Waals surface area contributed by atoms with Crippen LogP contribution in [0.4, 0.5) is 0 Å². The van der Waals surface area contributed by atoms with Gasteiger partial charge in [0.2, 0.25) is 0 Å². The summed E-state index contributed by atoms with van der Waals surface area (Å²) in [7, 11) is 0. The molecule has 4 rings (SSSR count). The average Bonchev–Trinajstić information content (AvgIpc) is 3.08. The van der Waals surface area contributed by atoms with Crippen molar-refractivity contribution in [3.05, 3.63) is 65.5 Å². The van der Waals surface area contributed by atoms with Crippen molar-refractivity contribution in [1.82, 2.24) is 10.3 Å². The molecule has 2 heteroatoms. The van der Waals surface area contributed by atoms with Crippen molar-refractivity contribution < 1.29 is 0 Å². The summed E-state index contributed by atoms with van der Waals surface area (Å²) in [6.45, 7) is 2.06. The Morgan fingerprint density at radius 3 is 3.05 bits per heavy atom. The maximum absolute atomic E-state index is 4.16. The molecule has 0 saturated heterocycles. The van der Waals surface area contributed by atoms with E-state index in [4.69, 9.17) is 0 Å². The van der Waals surface area contributed by atoms with Gasteiger partial charge in [0.1, 0.15) is 0 Å². The molecule has 2 aliphatic rings. The number of aryl methyl sites for hydroxylation is 1.